The summed E-state index contributed by atoms with van der Waals surface area (Å²) in [5.41, 5.74) is 0.384. The van der Waals surface area contributed by atoms with E-state index in [0.29, 0.717) is 30.5 Å². The molecular formula is C40H53FN2O4. The van der Waals surface area contributed by atoms with E-state index in [9.17, 15) is 23.6 Å². The van der Waals surface area contributed by atoms with Gasteiger partial charge in [-0.1, -0.05) is 60.6 Å². The lowest BCUT2D eigenvalue weighted by atomic mass is 9.33. The molecule has 0 unspecified atom stereocenters. The summed E-state index contributed by atoms with van der Waals surface area (Å²) >= 11 is 0. The number of hydrogen-bond acceptors (Lipinski definition) is 4. The van der Waals surface area contributed by atoms with Crippen molar-refractivity contribution in [3.8, 4) is 0 Å². The molecule has 0 aromatic heterocycles. The first-order valence-corrected chi connectivity index (χ1v) is 17.6. The molecule has 1 aromatic carbocycles. The minimum atomic E-state index is -0.597. The van der Waals surface area contributed by atoms with Gasteiger partial charge < -0.3 is 10.6 Å². The van der Waals surface area contributed by atoms with Crippen LogP contribution in [0.3, 0.4) is 0 Å². The molecule has 0 saturated heterocycles. The summed E-state index contributed by atoms with van der Waals surface area (Å²) in [6.07, 6.45) is 8.87. The van der Waals surface area contributed by atoms with Crippen LogP contribution in [0.2, 0.25) is 0 Å². The molecule has 6 nitrogen and oxygen atoms in total. The van der Waals surface area contributed by atoms with Crippen molar-refractivity contribution in [2.24, 2.45) is 50.2 Å². The first kappa shape index (κ1) is 33.8. The monoisotopic (exact) mass is 644 g/mol. The zero-order valence-corrected chi connectivity index (χ0v) is 29.4. The molecule has 4 saturated carbocycles. The Morgan fingerprint density at radius 2 is 1.53 bits per heavy atom. The van der Waals surface area contributed by atoms with Gasteiger partial charge in [0, 0.05) is 35.4 Å². The summed E-state index contributed by atoms with van der Waals surface area (Å²) in [6, 6.07) is 5.38. The molecule has 7 heteroatoms. The zero-order valence-electron chi connectivity index (χ0n) is 29.4. The highest BCUT2D eigenvalue weighted by Crippen LogP contribution is 2.75. The smallest absolute Gasteiger partial charge is 0.251 e. The van der Waals surface area contributed by atoms with Gasteiger partial charge in [0.2, 0.25) is 5.91 Å². The summed E-state index contributed by atoms with van der Waals surface area (Å²) in [4.78, 5) is 54.1. The number of rotatable bonds is 5. The number of carbonyl (C=O) groups excluding carboxylic acids is 4. The standard InChI is InChI=1S/C40H53FN2O4/c1-24-22-38(6)30(35(2,3)32(24)45)13-14-40(8)31(38)29(44)21-27-28-23-37(5,16-15-36(28,4)17-18-39(27,40)7)34(47)43-20-19-42-33(46)25-9-11-26(41)12-10-25/h9-12,21,28,30-31H,1,13-20,22-23H2,2-8H3,(H,42,46)(H,43,47)/t28-,30-,31+,36+,37-,38-,39+,40+/m0/s1. The molecule has 0 spiro atoms. The molecule has 0 aliphatic heterocycles. The maximum atomic E-state index is 14.6. The van der Waals surface area contributed by atoms with Gasteiger partial charge in [-0.2, -0.15) is 0 Å². The topological polar surface area (TPSA) is 92.3 Å². The van der Waals surface area contributed by atoms with E-state index in [1.807, 2.05) is 6.08 Å². The Labute approximate surface area is 279 Å². The molecule has 6 rings (SSSR count). The third-order valence-corrected chi connectivity index (χ3v) is 14.6. The third kappa shape index (κ3) is 4.91. The van der Waals surface area contributed by atoms with Crippen LogP contribution in [-0.2, 0) is 14.4 Å². The molecule has 0 bridgehead atoms. The number of fused-ring (bicyclic) bond motifs is 7. The molecule has 254 valence electrons. The van der Waals surface area contributed by atoms with Crippen LogP contribution in [0.5, 0.6) is 0 Å². The summed E-state index contributed by atoms with van der Waals surface area (Å²) in [6.45, 7) is 20.3. The number of hydrogen-bond donors (Lipinski definition) is 2. The Kier molecular flexibility index (Phi) is 7.88. The van der Waals surface area contributed by atoms with Crippen molar-refractivity contribution >= 4 is 23.4 Å². The van der Waals surface area contributed by atoms with Crippen LogP contribution in [0.4, 0.5) is 4.39 Å². The molecule has 5 aliphatic carbocycles. The first-order chi connectivity index (χ1) is 21.8. The van der Waals surface area contributed by atoms with Gasteiger partial charge in [0.25, 0.3) is 5.91 Å². The highest BCUT2D eigenvalue weighted by atomic mass is 19.1. The summed E-state index contributed by atoms with van der Waals surface area (Å²) in [5, 5.41) is 5.88. The quantitative estimate of drug-likeness (QED) is 0.258. The minimum Gasteiger partial charge on any atom is -0.354 e. The van der Waals surface area contributed by atoms with E-state index in [1.165, 1.54) is 29.8 Å². The van der Waals surface area contributed by atoms with Crippen molar-refractivity contribution in [1.82, 2.24) is 10.6 Å². The lowest BCUT2D eigenvalue weighted by molar-refractivity contribution is -0.182. The molecule has 0 radical (unpaired) electrons. The zero-order chi connectivity index (χ0) is 34.4. The molecule has 2 amide bonds. The number of halogens is 1. The Balaban J connectivity index is 1.23. The third-order valence-electron chi connectivity index (χ3n) is 14.6. The van der Waals surface area contributed by atoms with Crippen molar-refractivity contribution in [3.05, 3.63) is 59.4 Å². The maximum Gasteiger partial charge on any atom is 0.251 e. The molecule has 8 atom stereocenters. The van der Waals surface area contributed by atoms with E-state index >= 15 is 0 Å². The Morgan fingerprint density at radius 1 is 0.894 bits per heavy atom. The highest BCUT2D eigenvalue weighted by molar-refractivity contribution is 6.01. The maximum absolute atomic E-state index is 14.6. The predicted octanol–water partition coefficient (Wildman–Crippen LogP) is 7.39. The minimum absolute atomic E-state index is 0.0182. The van der Waals surface area contributed by atoms with Crippen LogP contribution >= 0.6 is 0 Å². The van der Waals surface area contributed by atoms with Gasteiger partial charge in [-0.15, -0.1) is 0 Å². The van der Waals surface area contributed by atoms with Crippen LogP contribution in [0.25, 0.3) is 0 Å². The fourth-order valence-electron chi connectivity index (χ4n) is 11.6. The van der Waals surface area contributed by atoms with Crippen LogP contribution in [0, 0.1) is 56.1 Å². The lowest BCUT2D eigenvalue weighted by Gasteiger charge is -2.70. The van der Waals surface area contributed by atoms with E-state index in [1.54, 1.807) is 0 Å². The molecular weight excluding hydrogens is 591 g/mol. The largest absolute Gasteiger partial charge is 0.354 e. The predicted molar refractivity (Wildman–Crippen MR) is 181 cm³/mol. The summed E-state index contributed by atoms with van der Waals surface area (Å²) in [7, 11) is 0. The van der Waals surface area contributed by atoms with Gasteiger partial charge in [0.1, 0.15) is 5.82 Å². The van der Waals surface area contributed by atoms with E-state index in [-0.39, 0.29) is 69.3 Å². The van der Waals surface area contributed by atoms with Crippen molar-refractivity contribution in [1.29, 1.82) is 0 Å². The van der Waals surface area contributed by atoms with E-state index in [2.05, 4.69) is 65.7 Å². The van der Waals surface area contributed by atoms with E-state index in [4.69, 9.17) is 0 Å². The average molecular weight is 645 g/mol. The van der Waals surface area contributed by atoms with Crippen molar-refractivity contribution in [3.63, 3.8) is 0 Å². The molecule has 0 heterocycles. The summed E-state index contributed by atoms with van der Waals surface area (Å²) in [5.74, 6) is -0.308. The Morgan fingerprint density at radius 3 is 2.21 bits per heavy atom. The van der Waals surface area contributed by atoms with Gasteiger partial charge in [0.15, 0.2) is 11.6 Å². The number of amides is 2. The van der Waals surface area contributed by atoms with Gasteiger partial charge in [0.05, 0.1) is 0 Å². The molecule has 4 fully saturated rings. The molecule has 1 aromatic rings. The fourth-order valence-corrected chi connectivity index (χ4v) is 11.6. The number of benzene rings is 1. The highest BCUT2D eigenvalue weighted by Gasteiger charge is 2.70. The fraction of sp³-hybridized carbons (Fsp3) is 0.650. The van der Waals surface area contributed by atoms with Crippen LogP contribution in [0.15, 0.2) is 48.1 Å². The van der Waals surface area contributed by atoms with Crippen LogP contribution in [0.1, 0.15) is 110 Å². The number of nitrogens with one attached hydrogen (secondary N) is 2. The van der Waals surface area contributed by atoms with E-state index < -0.39 is 16.6 Å². The number of allylic oxidation sites excluding steroid dienone is 3. The van der Waals surface area contributed by atoms with Crippen LogP contribution < -0.4 is 10.6 Å². The van der Waals surface area contributed by atoms with Crippen LogP contribution in [-0.4, -0.2) is 36.5 Å². The van der Waals surface area contributed by atoms with Gasteiger partial charge in [-0.05, 0) is 121 Å². The van der Waals surface area contributed by atoms with Crippen molar-refractivity contribution < 1.29 is 23.6 Å². The molecule has 5 aliphatic rings. The second-order valence-corrected chi connectivity index (χ2v) is 17.6. The number of ketones is 2. The average Bonchev–Trinajstić information content (AvgIpc) is 3.00. The molecule has 2 N–H and O–H groups in total. The van der Waals surface area contributed by atoms with Gasteiger partial charge >= 0.3 is 0 Å². The summed E-state index contributed by atoms with van der Waals surface area (Å²) < 4.78 is 13.2. The van der Waals surface area contributed by atoms with Gasteiger partial charge in [-0.3, -0.25) is 19.2 Å². The van der Waals surface area contributed by atoms with E-state index in [0.717, 1.165) is 38.5 Å². The first-order valence-electron chi connectivity index (χ1n) is 17.6. The number of Topliss-reactive ketones (excluding diaryl/α,β-unsaturated/α-hetero) is 1. The lowest BCUT2D eigenvalue weighted by Crippen LogP contribution is -2.66. The molecule has 47 heavy (non-hydrogen) atoms. The Hall–Kier alpha value is -3.09. The van der Waals surface area contributed by atoms with Gasteiger partial charge in [-0.25, -0.2) is 4.39 Å². The SMILES string of the molecule is C=C1C[C@]2(C)[C@H]3C(=O)C=C4[C@@H]5C[C@@](C)(C(=O)NCCNC(=O)c6ccc(F)cc6)CC[C@]5(C)CC[C@@]4(C)[C@]3(C)CC[C@H]2C(C)(C)C1=O. The Bertz CT molecular complexity index is 1580. The second kappa shape index (κ2) is 11.0. The normalized spacial score (nSPS) is 40.6. The van der Waals surface area contributed by atoms with Crippen molar-refractivity contribution in [2.75, 3.05) is 13.1 Å². The second-order valence-electron chi connectivity index (χ2n) is 17.6. The number of carbonyl (C=O) groups is 4. The van der Waals surface area contributed by atoms with Crippen molar-refractivity contribution in [2.45, 2.75) is 99.8 Å².